The first-order chi connectivity index (χ1) is 11.9. The molecule has 1 aromatic carbocycles. The van der Waals surface area contributed by atoms with Crippen molar-refractivity contribution in [2.24, 2.45) is 23.2 Å². The molecule has 0 aliphatic carbocycles. The minimum Gasteiger partial charge on any atom is -0.400 e. The molecule has 0 aromatic heterocycles. The summed E-state index contributed by atoms with van der Waals surface area (Å²) in [5.41, 5.74) is 14.4. The van der Waals surface area contributed by atoms with Gasteiger partial charge >= 0.3 is 0 Å². The number of hydroxylamine groups is 1. The number of benzene rings is 1. The average molecular weight is 350 g/mol. The smallest absolute Gasteiger partial charge is 0.255 e. The van der Waals surface area contributed by atoms with Crippen molar-refractivity contribution < 1.29 is 14.8 Å². The zero-order chi connectivity index (χ0) is 18.8. The molecule has 2 amide bonds. The lowest BCUT2D eigenvalue weighted by molar-refractivity contribution is -0.138. The number of rotatable bonds is 9. The molecule has 0 spiro atoms. The molecule has 0 saturated heterocycles. The third-order valence-electron chi connectivity index (χ3n) is 3.45. The molecule has 9 heteroatoms. The van der Waals surface area contributed by atoms with Crippen LogP contribution >= 0.6 is 0 Å². The topological polar surface area (TPSA) is 160 Å². The maximum atomic E-state index is 12.3. The van der Waals surface area contributed by atoms with E-state index >= 15 is 0 Å². The summed E-state index contributed by atoms with van der Waals surface area (Å²) in [6.07, 6.45) is 2.49. The van der Waals surface area contributed by atoms with Gasteiger partial charge in [-0.3, -0.25) is 14.8 Å². The van der Waals surface area contributed by atoms with Gasteiger partial charge < -0.3 is 21.8 Å². The Balaban J connectivity index is 2.80. The standard InChI is InChI=1S/C16H26N6O3/c1-2-4-14(16(24)21-25)15(23)20-13-6-3-5-11(7-13)9-22(19)10-12(18)8-17/h3,5-7,10,14,25H,2,4,8-9,17-19H2,1H3,(H,20,23)(H,21,24)/b12-10-. The number of hydrazine groups is 1. The maximum Gasteiger partial charge on any atom is 0.255 e. The van der Waals surface area contributed by atoms with Crippen molar-refractivity contribution in [2.45, 2.75) is 26.3 Å². The zero-order valence-electron chi connectivity index (χ0n) is 14.2. The number of carbonyl (C=O) groups excluding carboxylic acids is 2. The highest BCUT2D eigenvalue weighted by atomic mass is 16.5. The van der Waals surface area contributed by atoms with E-state index in [1.165, 1.54) is 16.7 Å². The van der Waals surface area contributed by atoms with E-state index in [2.05, 4.69) is 5.32 Å². The average Bonchev–Trinajstić information content (AvgIpc) is 2.58. The molecular weight excluding hydrogens is 324 g/mol. The van der Waals surface area contributed by atoms with Crippen LogP contribution in [0.5, 0.6) is 0 Å². The Morgan fingerprint density at radius 1 is 1.36 bits per heavy atom. The number of anilines is 1. The Morgan fingerprint density at radius 3 is 2.68 bits per heavy atom. The summed E-state index contributed by atoms with van der Waals surface area (Å²) in [5, 5.41) is 12.8. The molecular formula is C16H26N6O3. The van der Waals surface area contributed by atoms with Crippen LogP contribution in [0.2, 0.25) is 0 Å². The van der Waals surface area contributed by atoms with Crippen molar-refractivity contribution in [3.8, 4) is 0 Å². The van der Waals surface area contributed by atoms with Crippen molar-refractivity contribution in [3.63, 3.8) is 0 Å². The van der Waals surface area contributed by atoms with Gasteiger partial charge in [-0.25, -0.2) is 11.3 Å². The van der Waals surface area contributed by atoms with Gasteiger partial charge in [0.15, 0.2) is 0 Å². The van der Waals surface area contributed by atoms with Crippen LogP contribution in [0.4, 0.5) is 5.69 Å². The fourth-order valence-electron chi connectivity index (χ4n) is 2.25. The quantitative estimate of drug-likeness (QED) is 0.158. The molecule has 0 bridgehead atoms. The largest absolute Gasteiger partial charge is 0.400 e. The Labute approximate surface area is 146 Å². The minimum atomic E-state index is -0.961. The Morgan fingerprint density at radius 2 is 2.08 bits per heavy atom. The van der Waals surface area contributed by atoms with Gasteiger partial charge in [-0.2, -0.15) is 0 Å². The predicted octanol–water partition coefficient (Wildman–Crippen LogP) is -0.0187. The van der Waals surface area contributed by atoms with Gasteiger partial charge in [-0.05, 0) is 24.1 Å². The van der Waals surface area contributed by atoms with Gasteiger partial charge in [0.05, 0.1) is 6.54 Å². The van der Waals surface area contributed by atoms with E-state index in [1.54, 1.807) is 18.2 Å². The molecule has 0 radical (unpaired) electrons. The summed E-state index contributed by atoms with van der Waals surface area (Å²) < 4.78 is 0. The van der Waals surface area contributed by atoms with E-state index in [0.717, 1.165) is 5.56 Å². The van der Waals surface area contributed by atoms with E-state index in [0.29, 0.717) is 30.8 Å². The zero-order valence-corrected chi connectivity index (χ0v) is 14.2. The van der Waals surface area contributed by atoms with Crippen molar-refractivity contribution in [2.75, 3.05) is 11.9 Å². The van der Waals surface area contributed by atoms with Crippen LogP contribution < -0.4 is 28.1 Å². The Bertz CT molecular complexity index is 620. The summed E-state index contributed by atoms with van der Waals surface area (Å²) >= 11 is 0. The Hall–Kier alpha value is -2.62. The molecule has 138 valence electrons. The van der Waals surface area contributed by atoms with E-state index in [4.69, 9.17) is 22.5 Å². The molecule has 9 nitrogen and oxygen atoms in total. The summed E-state index contributed by atoms with van der Waals surface area (Å²) in [4.78, 5) is 23.9. The van der Waals surface area contributed by atoms with Gasteiger partial charge in [0.1, 0.15) is 5.92 Å². The van der Waals surface area contributed by atoms with Gasteiger partial charge in [-0.1, -0.05) is 25.5 Å². The Kier molecular flexibility index (Phi) is 8.40. The molecule has 0 aliphatic heterocycles. The SMILES string of the molecule is CCCC(C(=O)NO)C(=O)Nc1cccc(CN(N)/C=C(\N)CN)c1. The molecule has 0 heterocycles. The van der Waals surface area contributed by atoms with Gasteiger partial charge in [0, 0.05) is 24.1 Å². The van der Waals surface area contributed by atoms with Gasteiger partial charge in [-0.15, -0.1) is 0 Å². The first-order valence-electron chi connectivity index (χ1n) is 7.92. The van der Waals surface area contributed by atoms with Crippen molar-refractivity contribution >= 4 is 17.5 Å². The minimum absolute atomic E-state index is 0.204. The number of nitrogens with one attached hydrogen (secondary N) is 2. The molecule has 0 aliphatic rings. The van der Waals surface area contributed by atoms with Crippen LogP contribution in [0.1, 0.15) is 25.3 Å². The molecule has 25 heavy (non-hydrogen) atoms. The molecule has 1 rings (SSSR count). The lowest BCUT2D eigenvalue weighted by Gasteiger charge is -2.17. The number of carbonyl (C=O) groups is 2. The highest BCUT2D eigenvalue weighted by Crippen LogP contribution is 2.15. The highest BCUT2D eigenvalue weighted by Gasteiger charge is 2.25. The van der Waals surface area contributed by atoms with Crippen molar-refractivity contribution in [1.29, 1.82) is 0 Å². The fourth-order valence-corrected chi connectivity index (χ4v) is 2.25. The van der Waals surface area contributed by atoms with E-state index < -0.39 is 17.7 Å². The fraction of sp³-hybridized carbons (Fsp3) is 0.375. The third-order valence-corrected chi connectivity index (χ3v) is 3.45. The molecule has 1 aromatic rings. The summed E-state index contributed by atoms with van der Waals surface area (Å²) in [7, 11) is 0. The van der Waals surface area contributed by atoms with Crippen molar-refractivity contribution in [3.05, 3.63) is 41.7 Å². The predicted molar refractivity (Wildman–Crippen MR) is 94.5 cm³/mol. The van der Waals surface area contributed by atoms with Gasteiger partial charge in [0.25, 0.3) is 5.91 Å². The van der Waals surface area contributed by atoms with Crippen LogP contribution in [-0.2, 0) is 16.1 Å². The molecule has 0 saturated carbocycles. The van der Waals surface area contributed by atoms with Crippen LogP contribution in [0.15, 0.2) is 36.2 Å². The van der Waals surface area contributed by atoms with E-state index in [1.807, 2.05) is 13.0 Å². The second kappa shape index (κ2) is 10.3. The summed E-state index contributed by atoms with van der Waals surface area (Å²) in [6, 6.07) is 7.04. The second-order valence-corrected chi connectivity index (χ2v) is 5.59. The number of hydrogen-bond donors (Lipinski definition) is 6. The van der Waals surface area contributed by atoms with Crippen molar-refractivity contribution in [1.82, 2.24) is 10.5 Å². The number of amides is 2. The molecule has 0 fully saturated rings. The van der Waals surface area contributed by atoms with Gasteiger partial charge in [0.2, 0.25) is 5.91 Å². The van der Waals surface area contributed by atoms with Crippen LogP contribution in [0.3, 0.4) is 0 Å². The lowest BCUT2D eigenvalue weighted by Crippen LogP contribution is -2.36. The first-order valence-corrected chi connectivity index (χ1v) is 7.92. The highest BCUT2D eigenvalue weighted by molar-refractivity contribution is 6.06. The molecule has 1 unspecified atom stereocenters. The third kappa shape index (κ3) is 6.79. The van der Waals surface area contributed by atoms with Crippen LogP contribution in [0, 0.1) is 5.92 Å². The summed E-state index contributed by atoms with van der Waals surface area (Å²) in [6.45, 7) is 2.41. The maximum absolute atomic E-state index is 12.3. The lowest BCUT2D eigenvalue weighted by atomic mass is 10.0. The molecule has 9 N–H and O–H groups in total. The number of hydrogen-bond acceptors (Lipinski definition) is 7. The van der Waals surface area contributed by atoms with E-state index in [-0.39, 0.29) is 6.54 Å². The normalized spacial score (nSPS) is 12.4. The van der Waals surface area contributed by atoms with Crippen LogP contribution in [0.25, 0.3) is 0 Å². The monoisotopic (exact) mass is 350 g/mol. The summed E-state index contributed by atoms with van der Waals surface area (Å²) in [5.74, 6) is 3.66. The number of nitrogens with two attached hydrogens (primary N) is 3. The van der Waals surface area contributed by atoms with E-state index in [9.17, 15) is 9.59 Å². The van der Waals surface area contributed by atoms with Crippen LogP contribution in [-0.4, -0.2) is 28.6 Å². The first kappa shape index (κ1) is 20.4. The molecule has 1 atom stereocenters. The number of nitrogens with zero attached hydrogens (tertiary/aromatic N) is 1. The second-order valence-electron chi connectivity index (χ2n) is 5.59.